The quantitative estimate of drug-likeness (QED) is 0.774. The fraction of sp³-hybridized carbons (Fsp3) is 0.533. The number of hydrogen-bond acceptors (Lipinski definition) is 2. The molecule has 0 radical (unpaired) electrons. The van der Waals surface area contributed by atoms with Crippen molar-refractivity contribution in [2.24, 2.45) is 11.8 Å². The lowest BCUT2D eigenvalue weighted by Crippen LogP contribution is -2.42. The Labute approximate surface area is 109 Å². The Morgan fingerprint density at radius 2 is 2.06 bits per heavy atom. The zero-order valence-corrected chi connectivity index (χ0v) is 11.4. The number of nitrogens with two attached hydrogens (primary N) is 1. The molecule has 0 spiro atoms. The number of piperidine rings is 1. The van der Waals surface area contributed by atoms with Crippen molar-refractivity contribution in [3.8, 4) is 0 Å². The van der Waals surface area contributed by atoms with Gasteiger partial charge in [-0.3, -0.25) is 4.79 Å². The van der Waals surface area contributed by atoms with Gasteiger partial charge in [-0.05, 0) is 48.9 Å². The molecule has 3 nitrogen and oxygen atoms in total. The van der Waals surface area contributed by atoms with Gasteiger partial charge in [0.1, 0.15) is 0 Å². The number of carbonyl (C=O) groups is 1. The predicted octanol–water partition coefficient (Wildman–Crippen LogP) is 2.70. The lowest BCUT2D eigenvalue weighted by molar-refractivity contribution is 0.0627. The Hall–Kier alpha value is -1.51. The van der Waals surface area contributed by atoms with Crippen LogP contribution in [0.5, 0.6) is 0 Å². The zero-order valence-electron chi connectivity index (χ0n) is 11.4. The summed E-state index contributed by atoms with van der Waals surface area (Å²) in [6.07, 6.45) is 1.10. The normalized spacial score (nSPS) is 24.1. The number of nitrogens with zero attached hydrogens (tertiary/aromatic N) is 1. The molecule has 1 amide bonds. The van der Waals surface area contributed by atoms with Gasteiger partial charge in [-0.25, -0.2) is 0 Å². The van der Waals surface area contributed by atoms with E-state index in [0.717, 1.165) is 36.3 Å². The second kappa shape index (κ2) is 5.01. The summed E-state index contributed by atoms with van der Waals surface area (Å²) in [6, 6.07) is 5.53. The molecular formula is C15H22N2O. The van der Waals surface area contributed by atoms with Crippen LogP contribution in [0.4, 0.5) is 5.69 Å². The number of nitrogen functional groups attached to an aromatic ring is 1. The minimum absolute atomic E-state index is 0.136. The fourth-order valence-electron chi connectivity index (χ4n) is 2.44. The molecule has 1 aliphatic rings. The van der Waals surface area contributed by atoms with Gasteiger partial charge in [0.15, 0.2) is 0 Å². The summed E-state index contributed by atoms with van der Waals surface area (Å²) in [5.74, 6) is 1.43. The molecular weight excluding hydrogens is 224 g/mol. The van der Waals surface area contributed by atoms with Crippen LogP contribution in [0.1, 0.15) is 36.2 Å². The van der Waals surface area contributed by atoms with Crippen LogP contribution in [0.3, 0.4) is 0 Å². The Balaban J connectivity index is 2.14. The number of likely N-dealkylation sites (tertiary alicyclic amines) is 1. The summed E-state index contributed by atoms with van der Waals surface area (Å²) < 4.78 is 0. The third-order valence-electron chi connectivity index (χ3n) is 4.14. The van der Waals surface area contributed by atoms with E-state index in [1.807, 2.05) is 30.0 Å². The molecule has 1 saturated heterocycles. The molecule has 0 aromatic heterocycles. The van der Waals surface area contributed by atoms with Crippen LogP contribution < -0.4 is 5.73 Å². The largest absolute Gasteiger partial charge is 0.399 e. The standard InChI is InChI=1S/C15H22N2O/c1-10-6-7-17(9-12(10)3)15(18)13-4-5-14(16)11(2)8-13/h4-5,8,10,12H,6-7,9,16H2,1-3H3. The van der Waals surface area contributed by atoms with E-state index < -0.39 is 0 Å². The van der Waals surface area contributed by atoms with Crippen LogP contribution in [-0.2, 0) is 0 Å². The van der Waals surface area contributed by atoms with E-state index in [0.29, 0.717) is 11.8 Å². The number of benzene rings is 1. The molecule has 98 valence electrons. The van der Waals surface area contributed by atoms with E-state index in [-0.39, 0.29) is 5.91 Å². The van der Waals surface area contributed by atoms with Crippen LogP contribution in [0.25, 0.3) is 0 Å². The first-order chi connectivity index (χ1) is 8.49. The van der Waals surface area contributed by atoms with E-state index in [4.69, 9.17) is 5.73 Å². The van der Waals surface area contributed by atoms with Crippen molar-refractivity contribution in [1.29, 1.82) is 0 Å². The molecule has 1 aliphatic heterocycles. The Morgan fingerprint density at radius 3 is 2.67 bits per heavy atom. The number of amides is 1. The molecule has 1 heterocycles. The van der Waals surface area contributed by atoms with Crippen molar-refractivity contribution >= 4 is 11.6 Å². The molecule has 0 bridgehead atoms. The van der Waals surface area contributed by atoms with Gasteiger partial charge in [0, 0.05) is 24.3 Å². The topological polar surface area (TPSA) is 46.3 Å². The van der Waals surface area contributed by atoms with Crippen molar-refractivity contribution in [3.05, 3.63) is 29.3 Å². The monoisotopic (exact) mass is 246 g/mol. The Morgan fingerprint density at radius 1 is 1.33 bits per heavy atom. The smallest absolute Gasteiger partial charge is 0.253 e. The van der Waals surface area contributed by atoms with Gasteiger partial charge in [0.2, 0.25) is 0 Å². The first-order valence-electron chi connectivity index (χ1n) is 6.64. The summed E-state index contributed by atoms with van der Waals surface area (Å²) in [7, 11) is 0. The first kappa shape index (κ1) is 12.9. The lowest BCUT2D eigenvalue weighted by Gasteiger charge is -2.35. The van der Waals surface area contributed by atoms with Crippen LogP contribution in [0.2, 0.25) is 0 Å². The average Bonchev–Trinajstić information content (AvgIpc) is 2.35. The minimum Gasteiger partial charge on any atom is -0.399 e. The van der Waals surface area contributed by atoms with Crippen molar-refractivity contribution in [1.82, 2.24) is 4.90 Å². The number of hydrogen-bond donors (Lipinski definition) is 1. The fourth-order valence-corrected chi connectivity index (χ4v) is 2.44. The third kappa shape index (κ3) is 2.50. The molecule has 2 N–H and O–H groups in total. The van der Waals surface area contributed by atoms with Gasteiger partial charge in [0.05, 0.1) is 0 Å². The Bertz CT molecular complexity index is 456. The number of anilines is 1. The molecule has 18 heavy (non-hydrogen) atoms. The molecule has 1 fully saturated rings. The van der Waals surface area contributed by atoms with Crippen molar-refractivity contribution in [2.45, 2.75) is 27.2 Å². The highest BCUT2D eigenvalue weighted by Gasteiger charge is 2.26. The van der Waals surface area contributed by atoms with Crippen LogP contribution >= 0.6 is 0 Å². The zero-order chi connectivity index (χ0) is 13.3. The highest BCUT2D eigenvalue weighted by Crippen LogP contribution is 2.24. The maximum Gasteiger partial charge on any atom is 0.253 e. The molecule has 3 heteroatoms. The molecule has 0 aliphatic carbocycles. The highest BCUT2D eigenvalue weighted by molar-refractivity contribution is 5.95. The number of carbonyl (C=O) groups excluding carboxylic acids is 1. The van der Waals surface area contributed by atoms with Crippen molar-refractivity contribution in [2.75, 3.05) is 18.8 Å². The molecule has 1 aromatic carbocycles. The number of aryl methyl sites for hydroxylation is 1. The summed E-state index contributed by atoms with van der Waals surface area (Å²) in [5, 5.41) is 0. The van der Waals surface area contributed by atoms with E-state index in [1.54, 1.807) is 0 Å². The van der Waals surface area contributed by atoms with Crippen LogP contribution in [-0.4, -0.2) is 23.9 Å². The molecule has 0 saturated carbocycles. The van der Waals surface area contributed by atoms with Crippen molar-refractivity contribution < 1.29 is 4.79 Å². The third-order valence-corrected chi connectivity index (χ3v) is 4.14. The average molecular weight is 246 g/mol. The van der Waals surface area contributed by atoms with Gasteiger partial charge >= 0.3 is 0 Å². The van der Waals surface area contributed by atoms with Gasteiger partial charge in [-0.15, -0.1) is 0 Å². The first-order valence-corrected chi connectivity index (χ1v) is 6.64. The molecule has 2 unspecified atom stereocenters. The molecule has 1 aromatic rings. The van der Waals surface area contributed by atoms with E-state index in [1.165, 1.54) is 0 Å². The molecule has 2 atom stereocenters. The summed E-state index contributed by atoms with van der Waals surface area (Å²) >= 11 is 0. The van der Waals surface area contributed by atoms with Gasteiger partial charge < -0.3 is 10.6 Å². The molecule has 2 rings (SSSR count). The Kier molecular flexibility index (Phi) is 3.60. The SMILES string of the molecule is Cc1cc(C(=O)N2CCC(C)C(C)C2)ccc1N. The summed E-state index contributed by atoms with van der Waals surface area (Å²) in [6.45, 7) is 8.16. The summed E-state index contributed by atoms with van der Waals surface area (Å²) in [5.41, 5.74) is 8.25. The van der Waals surface area contributed by atoms with E-state index in [9.17, 15) is 4.79 Å². The highest BCUT2D eigenvalue weighted by atomic mass is 16.2. The second-order valence-corrected chi connectivity index (χ2v) is 5.57. The minimum atomic E-state index is 0.136. The van der Waals surface area contributed by atoms with Gasteiger partial charge in [-0.2, -0.15) is 0 Å². The van der Waals surface area contributed by atoms with Crippen molar-refractivity contribution in [3.63, 3.8) is 0 Å². The van der Waals surface area contributed by atoms with E-state index in [2.05, 4.69) is 13.8 Å². The number of rotatable bonds is 1. The van der Waals surface area contributed by atoms with Crippen LogP contribution in [0, 0.1) is 18.8 Å². The maximum atomic E-state index is 12.4. The van der Waals surface area contributed by atoms with E-state index >= 15 is 0 Å². The van der Waals surface area contributed by atoms with Crippen LogP contribution in [0.15, 0.2) is 18.2 Å². The van der Waals surface area contributed by atoms with Gasteiger partial charge in [0.25, 0.3) is 5.91 Å². The van der Waals surface area contributed by atoms with Gasteiger partial charge in [-0.1, -0.05) is 13.8 Å². The lowest BCUT2D eigenvalue weighted by atomic mass is 9.88. The summed E-state index contributed by atoms with van der Waals surface area (Å²) in [4.78, 5) is 14.4. The second-order valence-electron chi connectivity index (χ2n) is 5.57. The predicted molar refractivity (Wildman–Crippen MR) is 74.4 cm³/mol. The maximum absolute atomic E-state index is 12.4.